The molecule has 0 aliphatic rings. The highest BCUT2D eigenvalue weighted by Crippen LogP contribution is 2.11. The summed E-state index contributed by atoms with van der Waals surface area (Å²) in [5.74, 6) is 0.590. The summed E-state index contributed by atoms with van der Waals surface area (Å²) >= 11 is 0. The van der Waals surface area contributed by atoms with E-state index in [2.05, 4.69) is 37.9 Å². The highest BCUT2D eigenvalue weighted by molar-refractivity contribution is 5.42. The Morgan fingerprint density at radius 2 is 1.93 bits per heavy atom. The molecule has 0 aliphatic heterocycles. The van der Waals surface area contributed by atoms with Gasteiger partial charge in [0.15, 0.2) is 0 Å². The Balaban J connectivity index is 2.26. The van der Waals surface area contributed by atoms with Crippen molar-refractivity contribution in [3.8, 4) is 0 Å². The molecule has 1 aromatic rings. The molecule has 0 radical (unpaired) electrons. The number of hydrogen-bond acceptors (Lipinski definition) is 1. The molecule has 0 aliphatic carbocycles. The van der Waals surface area contributed by atoms with Gasteiger partial charge in [-0.05, 0) is 24.5 Å². The molecule has 1 aromatic carbocycles. The van der Waals surface area contributed by atoms with E-state index in [0.29, 0.717) is 5.92 Å². The average molecular weight is 189 g/mol. The maximum Gasteiger partial charge on any atom is 0.0340 e. The van der Waals surface area contributed by atoms with Crippen molar-refractivity contribution in [1.82, 2.24) is 0 Å². The Morgan fingerprint density at radius 3 is 2.50 bits per heavy atom. The minimum Gasteiger partial charge on any atom is -0.385 e. The molecule has 0 spiro atoms. The van der Waals surface area contributed by atoms with E-state index in [0.717, 1.165) is 13.0 Å². The first-order chi connectivity index (χ1) is 6.70. The van der Waals surface area contributed by atoms with Crippen molar-refractivity contribution >= 4 is 5.69 Å². The van der Waals surface area contributed by atoms with Gasteiger partial charge in [0.25, 0.3) is 0 Å². The maximum atomic E-state index is 4.05. The van der Waals surface area contributed by atoms with E-state index in [-0.39, 0.29) is 0 Å². The van der Waals surface area contributed by atoms with Crippen LogP contribution in [0.15, 0.2) is 42.5 Å². The van der Waals surface area contributed by atoms with Crippen molar-refractivity contribution in [2.45, 2.75) is 20.3 Å². The minimum atomic E-state index is 0.590. The lowest BCUT2D eigenvalue weighted by molar-refractivity contribution is 0.725. The molecule has 0 fully saturated rings. The Kier molecular flexibility index (Phi) is 4.24. The van der Waals surface area contributed by atoms with E-state index in [9.17, 15) is 0 Å². The van der Waals surface area contributed by atoms with Crippen LogP contribution >= 0.6 is 0 Å². The molecule has 1 rings (SSSR count). The van der Waals surface area contributed by atoms with Crippen molar-refractivity contribution in [1.29, 1.82) is 0 Å². The second-order valence-electron chi connectivity index (χ2n) is 3.86. The first-order valence-corrected chi connectivity index (χ1v) is 5.16. The standard InChI is InChI=1S/C13H19N/c1-11(2)12(3)9-10-14-13-7-5-4-6-8-13/h4-8,11,14H,3,9-10H2,1-2H3. The molecule has 0 atom stereocenters. The molecular weight excluding hydrogens is 170 g/mol. The van der Waals surface area contributed by atoms with E-state index < -0.39 is 0 Å². The Morgan fingerprint density at radius 1 is 1.29 bits per heavy atom. The van der Waals surface area contributed by atoms with E-state index in [1.807, 2.05) is 18.2 Å². The molecule has 0 heterocycles. The van der Waals surface area contributed by atoms with Crippen LogP contribution in [0.25, 0.3) is 0 Å². The fraction of sp³-hybridized carbons (Fsp3) is 0.385. The zero-order chi connectivity index (χ0) is 10.4. The van der Waals surface area contributed by atoms with E-state index >= 15 is 0 Å². The van der Waals surface area contributed by atoms with Crippen LogP contribution < -0.4 is 5.32 Å². The number of benzene rings is 1. The Bertz CT molecular complexity index is 275. The molecule has 0 bridgehead atoms. The van der Waals surface area contributed by atoms with Gasteiger partial charge in [0, 0.05) is 12.2 Å². The summed E-state index contributed by atoms with van der Waals surface area (Å²) in [7, 11) is 0. The quantitative estimate of drug-likeness (QED) is 0.696. The first kappa shape index (κ1) is 10.8. The van der Waals surface area contributed by atoms with Crippen LogP contribution in [0.1, 0.15) is 20.3 Å². The topological polar surface area (TPSA) is 12.0 Å². The van der Waals surface area contributed by atoms with Gasteiger partial charge < -0.3 is 5.32 Å². The number of hydrogen-bond donors (Lipinski definition) is 1. The molecule has 76 valence electrons. The maximum absolute atomic E-state index is 4.05. The lowest BCUT2D eigenvalue weighted by Gasteiger charge is -2.10. The highest BCUT2D eigenvalue weighted by Gasteiger charge is 1.99. The molecular formula is C13H19N. The summed E-state index contributed by atoms with van der Waals surface area (Å²) in [6, 6.07) is 10.3. The zero-order valence-electron chi connectivity index (χ0n) is 9.09. The van der Waals surface area contributed by atoms with E-state index in [1.165, 1.54) is 11.3 Å². The van der Waals surface area contributed by atoms with Crippen molar-refractivity contribution in [2.75, 3.05) is 11.9 Å². The largest absolute Gasteiger partial charge is 0.385 e. The lowest BCUT2D eigenvalue weighted by atomic mass is 10.0. The molecule has 0 unspecified atom stereocenters. The van der Waals surface area contributed by atoms with Gasteiger partial charge in [-0.2, -0.15) is 0 Å². The van der Waals surface area contributed by atoms with E-state index in [4.69, 9.17) is 0 Å². The van der Waals surface area contributed by atoms with Crippen LogP contribution in [-0.4, -0.2) is 6.54 Å². The van der Waals surface area contributed by atoms with Gasteiger partial charge >= 0.3 is 0 Å². The number of nitrogens with one attached hydrogen (secondary N) is 1. The number of para-hydroxylation sites is 1. The normalized spacial score (nSPS) is 10.2. The Labute approximate surface area is 86.8 Å². The predicted molar refractivity (Wildman–Crippen MR) is 63.5 cm³/mol. The molecule has 1 nitrogen and oxygen atoms in total. The van der Waals surface area contributed by atoms with Crippen LogP contribution in [0.4, 0.5) is 5.69 Å². The van der Waals surface area contributed by atoms with Crippen LogP contribution in [0, 0.1) is 5.92 Å². The summed E-state index contributed by atoms with van der Waals surface area (Å²) < 4.78 is 0. The molecule has 1 N–H and O–H groups in total. The van der Waals surface area contributed by atoms with Gasteiger partial charge in [0.2, 0.25) is 0 Å². The average Bonchev–Trinajstić information content (AvgIpc) is 2.19. The van der Waals surface area contributed by atoms with Gasteiger partial charge in [-0.1, -0.05) is 44.2 Å². The lowest BCUT2D eigenvalue weighted by Crippen LogP contribution is -2.04. The minimum absolute atomic E-state index is 0.590. The van der Waals surface area contributed by atoms with Gasteiger partial charge in [-0.3, -0.25) is 0 Å². The summed E-state index contributed by atoms with van der Waals surface area (Å²) in [6.45, 7) is 9.39. The summed E-state index contributed by atoms with van der Waals surface area (Å²) in [6.07, 6.45) is 1.05. The van der Waals surface area contributed by atoms with Crippen molar-refractivity contribution in [3.05, 3.63) is 42.5 Å². The van der Waals surface area contributed by atoms with Crippen LogP contribution in [0.5, 0.6) is 0 Å². The molecule has 0 aromatic heterocycles. The third kappa shape index (κ3) is 3.65. The predicted octanol–water partition coefficient (Wildman–Crippen LogP) is 3.70. The molecule has 0 saturated heterocycles. The number of anilines is 1. The van der Waals surface area contributed by atoms with E-state index in [1.54, 1.807) is 0 Å². The third-order valence-electron chi connectivity index (χ3n) is 2.37. The monoisotopic (exact) mass is 189 g/mol. The van der Waals surface area contributed by atoms with Crippen molar-refractivity contribution < 1.29 is 0 Å². The second-order valence-corrected chi connectivity index (χ2v) is 3.86. The molecule has 0 saturated carbocycles. The first-order valence-electron chi connectivity index (χ1n) is 5.16. The van der Waals surface area contributed by atoms with Gasteiger partial charge in [0.1, 0.15) is 0 Å². The molecule has 0 amide bonds. The Hall–Kier alpha value is -1.24. The number of rotatable bonds is 5. The molecule has 14 heavy (non-hydrogen) atoms. The van der Waals surface area contributed by atoms with Crippen molar-refractivity contribution in [3.63, 3.8) is 0 Å². The van der Waals surface area contributed by atoms with Gasteiger partial charge in [-0.15, -0.1) is 0 Å². The second kappa shape index (κ2) is 5.48. The SMILES string of the molecule is C=C(CCNc1ccccc1)C(C)C. The highest BCUT2D eigenvalue weighted by atomic mass is 14.9. The smallest absolute Gasteiger partial charge is 0.0340 e. The summed E-state index contributed by atoms with van der Waals surface area (Å²) in [5.41, 5.74) is 2.50. The van der Waals surface area contributed by atoms with Crippen LogP contribution in [0.3, 0.4) is 0 Å². The fourth-order valence-corrected chi connectivity index (χ4v) is 1.21. The van der Waals surface area contributed by atoms with Crippen LogP contribution in [-0.2, 0) is 0 Å². The molecule has 1 heteroatoms. The van der Waals surface area contributed by atoms with Gasteiger partial charge in [-0.25, -0.2) is 0 Å². The summed E-state index contributed by atoms with van der Waals surface area (Å²) in [5, 5.41) is 3.37. The van der Waals surface area contributed by atoms with Crippen molar-refractivity contribution in [2.24, 2.45) is 5.92 Å². The zero-order valence-corrected chi connectivity index (χ0v) is 9.09. The third-order valence-corrected chi connectivity index (χ3v) is 2.37. The summed E-state index contributed by atoms with van der Waals surface area (Å²) in [4.78, 5) is 0. The fourth-order valence-electron chi connectivity index (χ4n) is 1.21. The van der Waals surface area contributed by atoms with Crippen LogP contribution in [0.2, 0.25) is 0 Å². The van der Waals surface area contributed by atoms with Gasteiger partial charge in [0.05, 0.1) is 0 Å².